The monoisotopic (exact) mass is 273 g/mol. The Bertz CT molecular complexity index is 523. The first-order valence-corrected chi connectivity index (χ1v) is 7.21. The van der Waals surface area contributed by atoms with Crippen LogP contribution in [0.4, 0.5) is 0 Å². The molecule has 5 heteroatoms. The highest BCUT2D eigenvalue weighted by Gasteiger charge is 2.14. The van der Waals surface area contributed by atoms with E-state index >= 15 is 0 Å². The standard InChI is InChI=1S/C15H23N5/c1-5-11(2)12(3)17-13(4)14-7-6-8-15(9-14)20-10-16-18-19-20/h6-13,17H,5H2,1-4H3. The number of tetrazole rings is 1. The van der Waals surface area contributed by atoms with Gasteiger partial charge in [-0.2, -0.15) is 0 Å². The van der Waals surface area contributed by atoms with Crippen LogP contribution in [0, 0.1) is 5.92 Å². The number of rotatable bonds is 6. The smallest absolute Gasteiger partial charge is 0.143 e. The lowest BCUT2D eigenvalue weighted by Gasteiger charge is -2.25. The van der Waals surface area contributed by atoms with Crippen LogP contribution in [0.1, 0.15) is 45.7 Å². The van der Waals surface area contributed by atoms with Crippen LogP contribution in [0.5, 0.6) is 0 Å². The zero-order valence-corrected chi connectivity index (χ0v) is 12.6. The molecule has 0 fully saturated rings. The molecule has 0 spiro atoms. The molecule has 3 atom stereocenters. The van der Waals surface area contributed by atoms with Gasteiger partial charge in [-0.25, -0.2) is 4.68 Å². The fraction of sp³-hybridized carbons (Fsp3) is 0.533. The first-order valence-electron chi connectivity index (χ1n) is 7.21. The molecule has 108 valence electrons. The van der Waals surface area contributed by atoms with Gasteiger partial charge in [-0.15, -0.1) is 5.10 Å². The molecule has 0 amide bonds. The predicted molar refractivity (Wildman–Crippen MR) is 79.6 cm³/mol. The molecule has 1 aromatic heterocycles. The van der Waals surface area contributed by atoms with Gasteiger partial charge in [0.25, 0.3) is 0 Å². The van der Waals surface area contributed by atoms with E-state index in [1.165, 1.54) is 12.0 Å². The average Bonchev–Trinajstić information content (AvgIpc) is 3.00. The van der Waals surface area contributed by atoms with E-state index in [1.807, 2.05) is 12.1 Å². The molecule has 5 nitrogen and oxygen atoms in total. The summed E-state index contributed by atoms with van der Waals surface area (Å²) in [6, 6.07) is 9.09. The van der Waals surface area contributed by atoms with Crippen LogP contribution >= 0.6 is 0 Å². The lowest BCUT2D eigenvalue weighted by Crippen LogP contribution is -2.34. The van der Waals surface area contributed by atoms with Gasteiger partial charge in [0.15, 0.2) is 0 Å². The van der Waals surface area contributed by atoms with Crippen LogP contribution in [-0.2, 0) is 0 Å². The fourth-order valence-electron chi connectivity index (χ4n) is 2.22. The number of hydrogen-bond acceptors (Lipinski definition) is 4. The molecule has 1 aromatic carbocycles. The van der Waals surface area contributed by atoms with Crippen molar-refractivity contribution in [3.05, 3.63) is 36.2 Å². The van der Waals surface area contributed by atoms with Crippen molar-refractivity contribution < 1.29 is 0 Å². The quantitative estimate of drug-likeness (QED) is 0.879. The van der Waals surface area contributed by atoms with Crippen molar-refractivity contribution in [1.82, 2.24) is 25.5 Å². The first-order chi connectivity index (χ1) is 9.61. The summed E-state index contributed by atoms with van der Waals surface area (Å²) in [4.78, 5) is 0. The van der Waals surface area contributed by atoms with Gasteiger partial charge >= 0.3 is 0 Å². The molecule has 2 aromatic rings. The van der Waals surface area contributed by atoms with Gasteiger partial charge in [-0.05, 0) is 47.9 Å². The third-order valence-corrected chi connectivity index (χ3v) is 3.99. The third kappa shape index (κ3) is 3.42. The number of nitrogens with zero attached hydrogens (tertiary/aromatic N) is 4. The van der Waals surface area contributed by atoms with E-state index in [-0.39, 0.29) is 0 Å². The highest BCUT2D eigenvalue weighted by Crippen LogP contribution is 2.18. The van der Waals surface area contributed by atoms with Crippen LogP contribution < -0.4 is 5.32 Å². The molecule has 0 saturated carbocycles. The van der Waals surface area contributed by atoms with Crippen LogP contribution in [-0.4, -0.2) is 26.2 Å². The Morgan fingerprint density at radius 2 is 2.05 bits per heavy atom. The maximum Gasteiger partial charge on any atom is 0.143 e. The number of aromatic nitrogens is 4. The summed E-state index contributed by atoms with van der Waals surface area (Å²) in [5.41, 5.74) is 2.23. The molecule has 0 radical (unpaired) electrons. The van der Waals surface area contributed by atoms with E-state index < -0.39 is 0 Å². The van der Waals surface area contributed by atoms with Crippen LogP contribution in [0.25, 0.3) is 5.69 Å². The fourth-order valence-corrected chi connectivity index (χ4v) is 2.22. The molecule has 20 heavy (non-hydrogen) atoms. The minimum atomic E-state index is 0.301. The number of hydrogen-bond donors (Lipinski definition) is 1. The normalized spacial score (nSPS) is 15.8. The first kappa shape index (κ1) is 14.7. The predicted octanol–water partition coefficient (Wildman–Crippen LogP) is 2.75. The van der Waals surface area contributed by atoms with Crippen LogP contribution in [0.3, 0.4) is 0 Å². The van der Waals surface area contributed by atoms with Gasteiger partial charge in [-0.3, -0.25) is 0 Å². The van der Waals surface area contributed by atoms with Crippen LogP contribution in [0.15, 0.2) is 30.6 Å². The Labute approximate surface area is 120 Å². The molecule has 0 saturated heterocycles. The van der Waals surface area contributed by atoms with Crippen molar-refractivity contribution in [3.8, 4) is 5.69 Å². The molecule has 0 aliphatic rings. The van der Waals surface area contributed by atoms with E-state index in [1.54, 1.807) is 11.0 Å². The molecule has 1 N–H and O–H groups in total. The Kier molecular flexibility index (Phi) is 4.84. The van der Waals surface area contributed by atoms with E-state index in [4.69, 9.17) is 0 Å². The Morgan fingerprint density at radius 3 is 2.70 bits per heavy atom. The van der Waals surface area contributed by atoms with Gasteiger partial charge in [-0.1, -0.05) is 32.4 Å². The second-order valence-electron chi connectivity index (χ2n) is 5.41. The van der Waals surface area contributed by atoms with E-state index in [0.29, 0.717) is 18.0 Å². The zero-order chi connectivity index (χ0) is 14.5. The van der Waals surface area contributed by atoms with Gasteiger partial charge < -0.3 is 5.32 Å². The summed E-state index contributed by atoms with van der Waals surface area (Å²) in [5.74, 6) is 0.667. The molecule has 0 aliphatic carbocycles. The number of nitrogens with one attached hydrogen (secondary N) is 1. The van der Waals surface area contributed by atoms with Crippen molar-refractivity contribution in [3.63, 3.8) is 0 Å². The topological polar surface area (TPSA) is 55.6 Å². The van der Waals surface area contributed by atoms with Gasteiger partial charge in [0, 0.05) is 12.1 Å². The average molecular weight is 273 g/mol. The van der Waals surface area contributed by atoms with E-state index in [0.717, 1.165) is 5.69 Å². The van der Waals surface area contributed by atoms with Crippen molar-refractivity contribution >= 4 is 0 Å². The molecule has 3 unspecified atom stereocenters. The Morgan fingerprint density at radius 1 is 1.25 bits per heavy atom. The lowest BCUT2D eigenvalue weighted by atomic mass is 9.98. The maximum atomic E-state index is 3.92. The van der Waals surface area contributed by atoms with Crippen molar-refractivity contribution in [2.45, 2.75) is 46.2 Å². The molecule has 0 aliphatic heterocycles. The van der Waals surface area contributed by atoms with E-state index in [2.05, 4.69) is 60.7 Å². The third-order valence-electron chi connectivity index (χ3n) is 3.99. The SMILES string of the molecule is CCC(C)C(C)NC(C)c1cccc(-n2cnnn2)c1. The maximum absolute atomic E-state index is 3.92. The summed E-state index contributed by atoms with van der Waals surface area (Å²) < 4.78 is 1.67. The molecular formula is C15H23N5. The summed E-state index contributed by atoms with van der Waals surface area (Å²) in [5, 5.41) is 14.9. The van der Waals surface area contributed by atoms with Crippen molar-refractivity contribution in [2.24, 2.45) is 5.92 Å². The highest BCUT2D eigenvalue weighted by molar-refractivity contribution is 5.35. The van der Waals surface area contributed by atoms with Crippen LogP contribution in [0.2, 0.25) is 0 Å². The summed E-state index contributed by atoms with van der Waals surface area (Å²) in [6.45, 7) is 8.95. The van der Waals surface area contributed by atoms with E-state index in [9.17, 15) is 0 Å². The van der Waals surface area contributed by atoms with Crippen molar-refractivity contribution in [1.29, 1.82) is 0 Å². The Balaban J connectivity index is 2.11. The minimum Gasteiger partial charge on any atom is -0.307 e. The Hall–Kier alpha value is -1.75. The van der Waals surface area contributed by atoms with Crippen molar-refractivity contribution in [2.75, 3.05) is 0 Å². The second-order valence-corrected chi connectivity index (χ2v) is 5.41. The summed E-state index contributed by atoms with van der Waals surface area (Å²) >= 11 is 0. The molecular weight excluding hydrogens is 250 g/mol. The van der Waals surface area contributed by atoms with Gasteiger partial charge in [0.05, 0.1) is 5.69 Å². The summed E-state index contributed by atoms with van der Waals surface area (Å²) in [6.07, 6.45) is 2.80. The molecule has 1 heterocycles. The molecule has 0 bridgehead atoms. The van der Waals surface area contributed by atoms with Gasteiger partial charge in [0.2, 0.25) is 0 Å². The lowest BCUT2D eigenvalue weighted by molar-refractivity contribution is 0.360. The highest BCUT2D eigenvalue weighted by atomic mass is 15.5. The second kappa shape index (κ2) is 6.61. The largest absolute Gasteiger partial charge is 0.307 e. The molecule has 2 rings (SSSR count). The summed E-state index contributed by atoms with van der Waals surface area (Å²) in [7, 11) is 0. The zero-order valence-electron chi connectivity index (χ0n) is 12.6. The minimum absolute atomic E-state index is 0.301. The van der Waals surface area contributed by atoms with Gasteiger partial charge in [0.1, 0.15) is 6.33 Å². The number of benzene rings is 1.